The number of benzene rings is 1. The van der Waals surface area contributed by atoms with Gasteiger partial charge in [-0.3, -0.25) is 0 Å². The van der Waals surface area contributed by atoms with Gasteiger partial charge in [0.2, 0.25) is 0 Å². The fourth-order valence-corrected chi connectivity index (χ4v) is 1.79. The Morgan fingerprint density at radius 2 is 1.47 bits per heavy atom. The fraction of sp³-hybridized carbons (Fsp3) is 0.647. The van der Waals surface area contributed by atoms with E-state index in [4.69, 9.17) is 9.47 Å². The molecule has 1 aromatic rings. The molecule has 0 aliphatic heterocycles. The van der Waals surface area contributed by atoms with Crippen molar-refractivity contribution in [3.8, 4) is 5.75 Å². The number of rotatable bonds is 7. The smallest absolute Gasteiger partial charge is 0.196 e. The largest absolute Gasteiger partial charge is 0.465 e. The summed E-state index contributed by atoms with van der Waals surface area (Å²) in [6, 6.07) is 8.36. The maximum atomic E-state index is 5.74. The third kappa shape index (κ3) is 5.65. The Kier molecular flexibility index (Phi) is 6.36. The van der Waals surface area contributed by atoms with Crippen LogP contribution in [0.3, 0.4) is 0 Å². The third-order valence-corrected chi connectivity index (χ3v) is 3.37. The summed E-state index contributed by atoms with van der Waals surface area (Å²) in [5, 5.41) is 0. The molecule has 2 atom stereocenters. The molecule has 1 rings (SSSR count). The maximum absolute atomic E-state index is 5.74. The highest BCUT2D eigenvalue weighted by molar-refractivity contribution is 5.29. The number of ether oxygens (including phenoxy) is 2. The van der Waals surface area contributed by atoms with Crippen LogP contribution >= 0.6 is 0 Å². The predicted molar refractivity (Wildman–Crippen MR) is 80.6 cm³/mol. The summed E-state index contributed by atoms with van der Waals surface area (Å²) < 4.78 is 11.3. The first-order chi connectivity index (χ1) is 8.90. The van der Waals surface area contributed by atoms with Gasteiger partial charge in [-0.15, -0.1) is 0 Å². The minimum absolute atomic E-state index is 0.198. The van der Waals surface area contributed by atoms with E-state index >= 15 is 0 Å². The van der Waals surface area contributed by atoms with E-state index in [9.17, 15) is 0 Å². The lowest BCUT2D eigenvalue weighted by atomic mass is 9.90. The van der Waals surface area contributed by atoms with E-state index in [1.807, 2.05) is 19.1 Å². The molecule has 0 aromatic heterocycles. The van der Waals surface area contributed by atoms with Crippen molar-refractivity contribution in [1.29, 1.82) is 0 Å². The van der Waals surface area contributed by atoms with Crippen molar-refractivity contribution in [2.24, 2.45) is 11.8 Å². The van der Waals surface area contributed by atoms with Gasteiger partial charge in [-0.2, -0.15) is 0 Å². The summed E-state index contributed by atoms with van der Waals surface area (Å²) in [5.74, 6) is 2.63. The first-order valence-corrected chi connectivity index (χ1v) is 7.28. The van der Waals surface area contributed by atoms with Crippen molar-refractivity contribution in [2.75, 3.05) is 6.61 Å². The molecule has 1 aromatic carbocycles. The molecule has 0 spiro atoms. The summed E-state index contributed by atoms with van der Waals surface area (Å²) in [6.45, 7) is 13.7. The Bertz CT molecular complexity index is 354. The minimum Gasteiger partial charge on any atom is -0.465 e. The third-order valence-electron chi connectivity index (χ3n) is 3.37. The van der Waals surface area contributed by atoms with Gasteiger partial charge in [-0.1, -0.05) is 46.8 Å². The molecule has 0 heterocycles. The Labute approximate surface area is 118 Å². The van der Waals surface area contributed by atoms with Gasteiger partial charge in [-0.05, 0) is 42.4 Å². The lowest BCUT2D eigenvalue weighted by Gasteiger charge is -2.19. The molecule has 19 heavy (non-hydrogen) atoms. The molecule has 0 radical (unpaired) electrons. The zero-order valence-electron chi connectivity index (χ0n) is 13.1. The Morgan fingerprint density at radius 1 is 0.895 bits per heavy atom. The molecule has 0 saturated carbocycles. The molecule has 0 aliphatic rings. The molecule has 0 saturated heterocycles. The predicted octanol–water partition coefficient (Wildman–Crippen LogP) is 4.84. The first-order valence-electron chi connectivity index (χ1n) is 7.28. The molecule has 2 unspecified atom stereocenters. The van der Waals surface area contributed by atoms with Crippen LogP contribution in [0.25, 0.3) is 0 Å². The SMILES string of the molecule is CC(C)COC(C)Oc1ccc(C(C)C(C)C)cc1. The van der Waals surface area contributed by atoms with Gasteiger partial charge in [0.15, 0.2) is 6.29 Å². The zero-order chi connectivity index (χ0) is 14.4. The van der Waals surface area contributed by atoms with E-state index in [0.717, 1.165) is 12.4 Å². The molecule has 0 aliphatic carbocycles. The summed E-state index contributed by atoms with van der Waals surface area (Å²) in [7, 11) is 0. The minimum atomic E-state index is -0.198. The average molecular weight is 264 g/mol. The van der Waals surface area contributed by atoms with Crippen LogP contribution in [0.1, 0.15) is 53.0 Å². The number of hydrogen-bond donors (Lipinski definition) is 0. The van der Waals surface area contributed by atoms with Crippen LogP contribution in [0, 0.1) is 11.8 Å². The van der Waals surface area contributed by atoms with E-state index in [2.05, 4.69) is 46.8 Å². The van der Waals surface area contributed by atoms with Crippen LogP contribution in [0.2, 0.25) is 0 Å². The lowest BCUT2D eigenvalue weighted by molar-refractivity contribution is -0.0755. The van der Waals surface area contributed by atoms with Crippen molar-refractivity contribution in [3.63, 3.8) is 0 Å². The standard InChI is InChI=1S/C17H28O2/c1-12(2)11-18-15(6)19-17-9-7-16(8-10-17)14(5)13(3)4/h7-10,12-15H,11H2,1-6H3. The van der Waals surface area contributed by atoms with Crippen LogP contribution in [-0.4, -0.2) is 12.9 Å². The Morgan fingerprint density at radius 3 is 1.95 bits per heavy atom. The summed E-state index contributed by atoms with van der Waals surface area (Å²) in [5.41, 5.74) is 1.36. The highest BCUT2D eigenvalue weighted by Gasteiger charge is 2.10. The Hall–Kier alpha value is -1.02. The fourth-order valence-electron chi connectivity index (χ4n) is 1.79. The second kappa shape index (κ2) is 7.54. The monoisotopic (exact) mass is 264 g/mol. The molecule has 0 fully saturated rings. The molecular weight excluding hydrogens is 236 g/mol. The van der Waals surface area contributed by atoms with Crippen molar-refractivity contribution >= 4 is 0 Å². The Balaban J connectivity index is 2.52. The lowest BCUT2D eigenvalue weighted by Crippen LogP contribution is -2.19. The van der Waals surface area contributed by atoms with Crippen LogP contribution in [0.15, 0.2) is 24.3 Å². The van der Waals surface area contributed by atoms with Crippen molar-refractivity contribution < 1.29 is 9.47 Å². The van der Waals surface area contributed by atoms with Crippen LogP contribution in [0.4, 0.5) is 0 Å². The number of hydrogen-bond acceptors (Lipinski definition) is 2. The van der Waals surface area contributed by atoms with E-state index in [0.29, 0.717) is 17.8 Å². The van der Waals surface area contributed by atoms with Gasteiger partial charge < -0.3 is 9.47 Å². The van der Waals surface area contributed by atoms with E-state index in [1.54, 1.807) is 0 Å². The normalized spacial score (nSPS) is 14.7. The van der Waals surface area contributed by atoms with Crippen LogP contribution in [0.5, 0.6) is 5.75 Å². The van der Waals surface area contributed by atoms with Gasteiger partial charge in [0.05, 0.1) is 6.61 Å². The van der Waals surface area contributed by atoms with Gasteiger partial charge >= 0.3 is 0 Å². The molecule has 0 N–H and O–H groups in total. The quantitative estimate of drug-likeness (QED) is 0.656. The van der Waals surface area contributed by atoms with E-state index in [-0.39, 0.29) is 6.29 Å². The van der Waals surface area contributed by atoms with Gasteiger partial charge in [0.25, 0.3) is 0 Å². The molecule has 2 nitrogen and oxygen atoms in total. The van der Waals surface area contributed by atoms with Crippen LogP contribution in [-0.2, 0) is 4.74 Å². The molecular formula is C17H28O2. The van der Waals surface area contributed by atoms with Gasteiger partial charge in [-0.25, -0.2) is 0 Å². The first kappa shape index (κ1) is 16.0. The summed E-state index contributed by atoms with van der Waals surface area (Å²) in [6.07, 6.45) is -0.198. The summed E-state index contributed by atoms with van der Waals surface area (Å²) >= 11 is 0. The van der Waals surface area contributed by atoms with Crippen molar-refractivity contribution in [2.45, 2.75) is 53.8 Å². The molecule has 2 heteroatoms. The van der Waals surface area contributed by atoms with Crippen molar-refractivity contribution in [1.82, 2.24) is 0 Å². The topological polar surface area (TPSA) is 18.5 Å². The highest BCUT2D eigenvalue weighted by atomic mass is 16.7. The molecule has 0 bridgehead atoms. The molecule has 0 amide bonds. The average Bonchev–Trinajstić information content (AvgIpc) is 2.36. The highest BCUT2D eigenvalue weighted by Crippen LogP contribution is 2.25. The van der Waals surface area contributed by atoms with Crippen molar-refractivity contribution in [3.05, 3.63) is 29.8 Å². The second-order valence-electron chi connectivity index (χ2n) is 6.01. The van der Waals surface area contributed by atoms with Gasteiger partial charge in [0.1, 0.15) is 5.75 Å². The van der Waals surface area contributed by atoms with Crippen LogP contribution < -0.4 is 4.74 Å². The molecule has 108 valence electrons. The van der Waals surface area contributed by atoms with E-state index < -0.39 is 0 Å². The second-order valence-corrected chi connectivity index (χ2v) is 6.01. The van der Waals surface area contributed by atoms with Gasteiger partial charge in [0, 0.05) is 0 Å². The maximum Gasteiger partial charge on any atom is 0.196 e. The zero-order valence-corrected chi connectivity index (χ0v) is 13.1. The summed E-state index contributed by atoms with van der Waals surface area (Å²) in [4.78, 5) is 0. The van der Waals surface area contributed by atoms with E-state index in [1.165, 1.54) is 5.56 Å².